The van der Waals surface area contributed by atoms with Crippen LogP contribution in [0.25, 0.3) is 0 Å². The van der Waals surface area contributed by atoms with Crippen molar-refractivity contribution >= 4 is 6.72 Å². The van der Waals surface area contributed by atoms with Gasteiger partial charge in [-0.25, -0.2) is 0 Å². The molecule has 0 N–H and O–H groups in total. The van der Waals surface area contributed by atoms with Crippen molar-refractivity contribution in [2.45, 2.75) is 58.9 Å². The molecule has 1 aliphatic carbocycles. The van der Waals surface area contributed by atoms with Crippen molar-refractivity contribution in [2.24, 2.45) is 22.7 Å². The van der Waals surface area contributed by atoms with Gasteiger partial charge in [-0.05, 0) is 30.9 Å². The van der Waals surface area contributed by atoms with Gasteiger partial charge in [0.2, 0.25) is 0 Å². The Morgan fingerprint density at radius 2 is 2.00 bits per heavy atom. The predicted molar refractivity (Wildman–Crippen MR) is 63.9 cm³/mol. The van der Waals surface area contributed by atoms with E-state index in [0.29, 0.717) is 6.04 Å². The number of hydrogen-bond donors (Lipinski definition) is 0. The SMILES string of the molecule is C=NC(CCC)C(C(C)C)C1CCC1. The Bertz CT molecular complexity index is 170. The molecule has 0 aromatic rings. The molecule has 0 heterocycles. The van der Waals surface area contributed by atoms with Crippen molar-refractivity contribution in [3.8, 4) is 0 Å². The second-order valence-electron chi connectivity index (χ2n) is 5.05. The lowest BCUT2D eigenvalue weighted by atomic mass is 9.68. The van der Waals surface area contributed by atoms with E-state index in [9.17, 15) is 0 Å². The summed E-state index contributed by atoms with van der Waals surface area (Å²) in [6.07, 6.45) is 6.75. The molecule has 1 heteroatoms. The van der Waals surface area contributed by atoms with Gasteiger partial charge < -0.3 is 0 Å². The predicted octanol–water partition coefficient (Wildman–Crippen LogP) is 3.93. The molecule has 1 nitrogen and oxygen atoms in total. The van der Waals surface area contributed by atoms with Crippen LogP contribution in [0.15, 0.2) is 4.99 Å². The van der Waals surface area contributed by atoms with Gasteiger partial charge in [0.25, 0.3) is 0 Å². The van der Waals surface area contributed by atoms with E-state index in [1.54, 1.807) is 0 Å². The summed E-state index contributed by atoms with van der Waals surface area (Å²) in [5.74, 6) is 2.50. The molecular formula is C13H25N. The molecule has 0 aromatic heterocycles. The smallest absolute Gasteiger partial charge is 0.0525 e. The van der Waals surface area contributed by atoms with E-state index in [1.807, 2.05) is 0 Å². The van der Waals surface area contributed by atoms with Crippen LogP contribution in [0, 0.1) is 17.8 Å². The Hall–Kier alpha value is -0.330. The van der Waals surface area contributed by atoms with Gasteiger partial charge in [-0.15, -0.1) is 0 Å². The van der Waals surface area contributed by atoms with Crippen molar-refractivity contribution in [1.82, 2.24) is 0 Å². The maximum atomic E-state index is 4.35. The average molecular weight is 195 g/mol. The summed E-state index contributed by atoms with van der Waals surface area (Å²) in [5, 5.41) is 0. The summed E-state index contributed by atoms with van der Waals surface area (Å²) in [4.78, 5) is 4.35. The number of nitrogens with zero attached hydrogens (tertiary/aromatic N) is 1. The number of rotatable bonds is 6. The third kappa shape index (κ3) is 2.59. The Balaban J connectivity index is 2.58. The first kappa shape index (κ1) is 11.7. The lowest BCUT2D eigenvalue weighted by Crippen LogP contribution is -2.34. The van der Waals surface area contributed by atoms with E-state index in [-0.39, 0.29) is 0 Å². The van der Waals surface area contributed by atoms with Gasteiger partial charge in [0.15, 0.2) is 0 Å². The van der Waals surface area contributed by atoms with Crippen LogP contribution in [-0.4, -0.2) is 12.8 Å². The topological polar surface area (TPSA) is 12.4 Å². The van der Waals surface area contributed by atoms with E-state index < -0.39 is 0 Å². The van der Waals surface area contributed by atoms with E-state index in [1.165, 1.54) is 32.1 Å². The summed E-state index contributed by atoms with van der Waals surface area (Å²) in [5.41, 5.74) is 0. The number of hydrogen-bond acceptors (Lipinski definition) is 1. The molecule has 0 amide bonds. The summed E-state index contributed by atoms with van der Waals surface area (Å²) in [6.45, 7) is 10.7. The third-order valence-corrected chi connectivity index (χ3v) is 3.73. The van der Waals surface area contributed by atoms with Crippen LogP contribution < -0.4 is 0 Å². The average Bonchev–Trinajstić information content (AvgIpc) is 2.07. The van der Waals surface area contributed by atoms with E-state index in [0.717, 1.165) is 17.8 Å². The zero-order valence-corrected chi connectivity index (χ0v) is 10.00. The fourth-order valence-electron chi connectivity index (χ4n) is 2.83. The highest BCUT2D eigenvalue weighted by Gasteiger charge is 2.34. The molecule has 0 spiro atoms. The maximum Gasteiger partial charge on any atom is 0.0525 e. The Morgan fingerprint density at radius 1 is 1.36 bits per heavy atom. The van der Waals surface area contributed by atoms with Gasteiger partial charge in [0.1, 0.15) is 0 Å². The van der Waals surface area contributed by atoms with Gasteiger partial charge in [-0.2, -0.15) is 0 Å². The molecule has 1 rings (SSSR count). The molecular weight excluding hydrogens is 170 g/mol. The van der Waals surface area contributed by atoms with Crippen molar-refractivity contribution in [2.75, 3.05) is 0 Å². The first-order valence-electron chi connectivity index (χ1n) is 6.16. The van der Waals surface area contributed by atoms with Gasteiger partial charge in [0.05, 0.1) is 6.04 Å². The minimum absolute atomic E-state index is 0.519. The van der Waals surface area contributed by atoms with E-state index >= 15 is 0 Å². The third-order valence-electron chi connectivity index (χ3n) is 3.73. The molecule has 0 bridgehead atoms. The molecule has 2 unspecified atom stereocenters. The fraction of sp³-hybridized carbons (Fsp3) is 0.923. The Morgan fingerprint density at radius 3 is 2.29 bits per heavy atom. The molecule has 1 saturated carbocycles. The maximum absolute atomic E-state index is 4.35. The molecule has 1 fully saturated rings. The van der Waals surface area contributed by atoms with E-state index in [4.69, 9.17) is 0 Å². The molecule has 0 aromatic carbocycles. The second-order valence-corrected chi connectivity index (χ2v) is 5.05. The molecule has 0 saturated heterocycles. The van der Waals surface area contributed by atoms with Crippen molar-refractivity contribution in [3.63, 3.8) is 0 Å². The molecule has 14 heavy (non-hydrogen) atoms. The van der Waals surface area contributed by atoms with Crippen LogP contribution in [0.2, 0.25) is 0 Å². The quantitative estimate of drug-likeness (QED) is 0.569. The van der Waals surface area contributed by atoms with Crippen molar-refractivity contribution < 1.29 is 0 Å². The fourth-order valence-corrected chi connectivity index (χ4v) is 2.83. The van der Waals surface area contributed by atoms with Gasteiger partial charge in [-0.3, -0.25) is 4.99 Å². The molecule has 0 radical (unpaired) electrons. The molecule has 1 aliphatic rings. The summed E-state index contributed by atoms with van der Waals surface area (Å²) >= 11 is 0. The summed E-state index contributed by atoms with van der Waals surface area (Å²) in [7, 11) is 0. The van der Waals surface area contributed by atoms with Crippen molar-refractivity contribution in [3.05, 3.63) is 0 Å². The highest BCUT2D eigenvalue weighted by atomic mass is 14.8. The van der Waals surface area contributed by atoms with Crippen LogP contribution in [-0.2, 0) is 0 Å². The molecule has 2 atom stereocenters. The molecule has 0 aliphatic heterocycles. The van der Waals surface area contributed by atoms with Gasteiger partial charge >= 0.3 is 0 Å². The minimum atomic E-state index is 0.519. The Kier molecular flexibility index (Phi) is 4.64. The highest BCUT2D eigenvalue weighted by Crippen LogP contribution is 2.40. The zero-order valence-electron chi connectivity index (χ0n) is 10.00. The summed E-state index contributed by atoms with van der Waals surface area (Å²) in [6, 6.07) is 0.519. The van der Waals surface area contributed by atoms with Crippen LogP contribution in [0.4, 0.5) is 0 Å². The van der Waals surface area contributed by atoms with Gasteiger partial charge in [-0.1, -0.05) is 46.5 Å². The summed E-state index contributed by atoms with van der Waals surface area (Å²) < 4.78 is 0. The van der Waals surface area contributed by atoms with Gasteiger partial charge in [0, 0.05) is 0 Å². The second kappa shape index (κ2) is 5.53. The number of aliphatic imine (C=N–C) groups is 1. The lowest BCUT2D eigenvalue weighted by Gasteiger charge is -2.39. The van der Waals surface area contributed by atoms with Crippen molar-refractivity contribution in [1.29, 1.82) is 0 Å². The van der Waals surface area contributed by atoms with Crippen LogP contribution >= 0.6 is 0 Å². The monoisotopic (exact) mass is 195 g/mol. The van der Waals surface area contributed by atoms with Crippen LogP contribution in [0.3, 0.4) is 0 Å². The van der Waals surface area contributed by atoms with Crippen LogP contribution in [0.5, 0.6) is 0 Å². The first-order chi connectivity index (χ1) is 6.70. The first-order valence-corrected chi connectivity index (χ1v) is 6.16. The highest BCUT2D eigenvalue weighted by molar-refractivity contribution is 5.24. The minimum Gasteiger partial charge on any atom is -0.297 e. The standard InChI is InChI=1S/C13H25N/c1-5-7-12(14-4)13(10(2)3)11-8-6-9-11/h10-13H,4-9H2,1-3H3. The largest absolute Gasteiger partial charge is 0.297 e. The Labute approximate surface area is 89.0 Å². The van der Waals surface area contributed by atoms with Crippen LogP contribution in [0.1, 0.15) is 52.9 Å². The molecule has 82 valence electrons. The van der Waals surface area contributed by atoms with E-state index in [2.05, 4.69) is 32.5 Å². The lowest BCUT2D eigenvalue weighted by molar-refractivity contribution is 0.130. The zero-order chi connectivity index (χ0) is 10.6. The normalized spacial score (nSPS) is 21.7.